The van der Waals surface area contributed by atoms with E-state index in [9.17, 15) is 17.6 Å². The fraction of sp³-hybridized carbons (Fsp3) is 0.333. The standard InChI is InChI=1S/C21H22FN3O5S/c1-29-19-6-4-16(12-20(19)30-2)31(27,28)24-9-7-15(8-10-24)25-13-23-18-5-3-14(22)11-17(18)21(25)26/h3-6,11-13,15H,7-10H2,1-2H3. The third-order valence-corrected chi connectivity index (χ3v) is 7.45. The van der Waals surface area contributed by atoms with Gasteiger partial charge in [-0.2, -0.15) is 4.31 Å². The number of fused-ring (bicyclic) bond motifs is 1. The highest BCUT2D eigenvalue weighted by atomic mass is 32.2. The average Bonchev–Trinajstić information content (AvgIpc) is 2.79. The van der Waals surface area contributed by atoms with E-state index in [1.165, 1.54) is 59.8 Å². The highest BCUT2D eigenvalue weighted by Crippen LogP contribution is 2.32. The molecule has 164 valence electrons. The van der Waals surface area contributed by atoms with Gasteiger partial charge in [0.05, 0.1) is 36.3 Å². The van der Waals surface area contributed by atoms with E-state index in [-0.39, 0.29) is 35.0 Å². The zero-order chi connectivity index (χ0) is 22.2. The SMILES string of the molecule is COc1ccc(S(=O)(=O)N2CCC(n3cnc4ccc(F)cc4c3=O)CC2)cc1OC. The fourth-order valence-corrected chi connectivity index (χ4v) is 5.34. The number of ether oxygens (including phenoxy) is 2. The molecule has 8 nitrogen and oxygen atoms in total. The number of methoxy groups -OCH3 is 2. The number of hydrogen-bond acceptors (Lipinski definition) is 6. The lowest BCUT2D eigenvalue weighted by Gasteiger charge is -2.32. The molecular weight excluding hydrogens is 425 g/mol. The first-order valence-corrected chi connectivity index (χ1v) is 11.2. The molecule has 4 rings (SSSR count). The van der Waals surface area contributed by atoms with Gasteiger partial charge in [0.15, 0.2) is 11.5 Å². The molecule has 0 aliphatic carbocycles. The van der Waals surface area contributed by atoms with E-state index >= 15 is 0 Å². The van der Waals surface area contributed by atoms with Crippen LogP contribution in [0.2, 0.25) is 0 Å². The minimum atomic E-state index is -3.73. The zero-order valence-electron chi connectivity index (χ0n) is 17.1. The Hall–Kier alpha value is -2.98. The van der Waals surface area contributed by atoms with E-state index in [2.05, 4.69) is 4.98 Å². The van der Waals surface area contributed by atoms with Crippen LogP contribution in [-0.2, 0) is 10.0 Å². The Labute approximate surface area is 178 Å². The summed E-state index contributed by atoms with van der Waals surface area (Å²) in [5.41, 5.74) is 0.0989. The van der Waals surface area contributed by atoms with Crippen molar-refractivity contribution >= 4 is 20.9 Å². The van der Waals surface area contributed by atoms with E-state index in [1.54, 1.807) is 6.07 Å². The highest BCUT2D eigenvalue weighted by Gasteiger charge is 2.31. The lowest BCUT2D eigenvalue weighted by atomic mass is 10.1. The van der Waals surface area contributed by atoms with Gasteiger partial charge in [-0.25, -0.2) is 17.8 Å². The van der Waals surface area contributed by atoms with Crippen molar-refractivity contribution in [2.24, 2.45) is 0 Å². The summed E-state index contributed by atoms with van der Waals surface area (Å²) in [7, 11) is -0.804. The molecule has 0 atom stereocenters. The minimum Gasteiger partial charge on any atom is -0.493 e. The number of rotatable bonds is 5. The molecule has 0 bridgehead atoms. The molecule has 2 heterocycles. The summed E-state index contributed by atoms with van der Waals surface area (Å²) in [6.07, 6.45) is 2.33. The fourth-order valence-electron chi connectivity index (χ4n) is 3.85. The van der Waals surface area contributed by atoms with Crippen molar-refractivity contribution in [3.8, 4) is 11.5 Å². The maximum atomic E-state index is 13.6. The summed E-state index contributed by atoms with van der Waals surface area (Å²) in [5.74, 6) is 0.277. The predicted molar refractivity (Wildman–Crippen MR) is 113 cm³/mol. The molecule has 0 unspecified atom stereocenters. The Bertz CT molecular complexity index is 1280. The largest absolute Gasteiger partial charge is 0.493 e. The minimum absolute atomic E-state index is 0.114. The molecular formula is C21H22FN3O5S. The van der Waals surface area contributed by atoms with Gasteiger partial charge in [0.25, 0.3) is 5.56 Å². The molecule has 1 fully saturated rings. The van der Waals surface area contributed by atoms with Crippen molar-refractivity contribution in [2.75, 3.05) is 27.3 Å². The van der Waals surface area contributed by atoms with Gasteiger partial charge in [0.1, 0.15) is 5.82 Å². The Morgan fingerprint density at radius 3 is 2.42 bits per heavy atom. The quantitative estimate of drug-likeness (QED) is 0.597. The molecule has 3 aromatic rings. The molecule has 0 radical (unpaired) electrons. The van der Waals surface area contributed by atoms with Gasteiger partial charge in [-0.1, -0.05) is 0 Å². The number of piperidine rings is 1. The van der Waals surface area contributed by atoms with Gasteiger partial charge < -0.3 is 9.47 Å². The number of aromatic nitrogens is 2. The molecule has 2 aromatic carbocycles. The first-order chi connectivity index (χ1) is 14.8. The van der Waals surface area contributed by atoms with Crippen LogP contribution in [0, 0.1) is 5.82 Å². The average molecular weight is 447 g/mol. The lowest BCUT2D eigenvalue weighted by molar-refractivity contribution is 0.269. The van der Waals surface area contributed by atoms with E-state index in [0.717, 1.165) is 0 Å². The maximum absolute atomic E-state index is 13.6. The van der Waals surface area contributed by atoms with Crippen LogP contribution in [0.3, 0.4) is 0 Å². The molecule has 31 heavy (non-hydrogen) atoms. The smallest absolute Gasteiger partial charge is 0.261 e. The van der Waals surface area contributed by atoms with Crippen LogP contribution in [0.15, 0.2) is 52.4 Å². The van der Waals surface area contributed by atoms with Gasteiger partial charge in [0, 0.05) is 25.2 Å². The second kappa shape index (κ2) is 8.27. The van der Waals surface area contributed by atoms with Gasteiger partial charge in [0.2, 0.25) is 10.0 Å². The van der Waals surface area contributed by atoms with Crippen LogP contribution in [0.4, 0.5) is 4.39 Å². The van der Waals surface area contributed by atoms with Crippen LogP contribution < -0.4 is 15.0 Å². The Morgan fingerprint density at radius 2 is 1.74 bits per heavy atom. The first kappa shape index (κ1) is 21.3. The summed E-state index contributed by atoms with van der Waals surface area (Å²) < 4.78 is 53.0. The van der Waals surface area contributed by atoms with Gasteiger partial charge >= 0.3 is 0 Å². The lowest BCUT2D eigenvalue weighted by Crippen LogP contribution is -2.40. The molecule has 1 aliphatic rings. The first-order valence-electron chi connectivity index (χ1n) is 9.73. The summed E-state index contributed by atoms with van der Waals surface area (Å²) in [6.45, 7) is 0.490. The molecule has 0 spiro atoms. The van der Waals surface area contributed by atoms with Crippen LogP contribution in [0.25, 0.3) is 10.9 Å². The molecule has 10 heteroatoms. The Morgan fingerprint density at radius 1 is 1.03 bits per heavy atom. The van der Waals surface area contributed by atoms with Crippen molar-refractivity contribution in [3.63, 3.8) is 0 Å². The van der Waals surface area contributed by atoms with E-state index in [1.807, 2.05) is 0 Å². The van der Waals surface area contributed by atoms with Crippen LogP contribution in [0.1, 0.15) is 18.9 Å². The van der Waals surface area contributed by atoms with Crippen molar-refractivity contribution in [1.82, 2.24) is 13.9 Å². The molecule has 1 aliphatic heterocycles. The summed E-state index contributed by atoms with van der Waals surface area (Å²) >= 11 is 0. The van der Waals surface area contributed by atoms with Crippen molar-refractivity contribution < 1.29 is 22.3 Å². The molecule has 1 aromatic heterocycles. The topological polar surface area (TPSA) is 90.7 Å². The number of sulfonamides is 1. The second-order valence-corrected chi connectivity index (χ2v) is 9.21. The van der Waals surface area contributed by atoms with Crippen molar-refractivity contribution in [2.45, 2.75) is 23.8 Å². The second-order valence-electron chi connectivity index (χ2n) is 7.27. The maximum Gasteiger partial charge on any atom is 0.261 e. The van der Waals surface area contributed by atoms with E-state index < -0.39 is 15.8 Å². The van der Waals surface area contributed by atoms with E-state index in [4.69, 9.17) is 9.47 Å². The molecule has 0 N–H and O–H groups in total. The van der Waals surface area contributed by atoms with Crippen molar-refractivity contribution in [3.05, 3.63) is 58.9 Å². The summed E-state index contributed by atoms with van der Waals surface area (Å²) in [5, 5.41) is 0.211. The molecule has 0 saturated carbocycles. The monoisotopic (exact) mass is 447 g/mol. The molecule has 1 saturated heterocycles. The summed E-state index contributed by atoms with van der Waals surface area (Å²) in [4.78, 5) is 17.2. The van der Waals surface area contributed by atoms with Crippen LogP contribution >= 0.6 is 0 Å². The van der Waals surface area contributed by atoms with Gasteiger partial charge in [-0.15, -0.1) is 0 Å². The van der Waals surface area contributed by atoms with Gasteiger partial charge in [-0.3, -0.25) is 9.36 Å². The van der Waals surface area contributed by atoms with E-state index in [0.29, 0.717) is 29.9 Å². The Balaban J connectivity index is 1.55. The van der Waals surface area contributed by atoms with Gasteiger partial charge in [-0.05, 0) is 43.2 Å². The number of nitrogens with zero attached hydrogens (tertiary/aromatic N) is 3. The Kier molecular flexibility index (Phi) is 5.67. The normalized spacial score (nSPS) is 15.8. The van der Waals surface area contributed by atoms with Crippen LogP contribution in [0.5, 0.6) is 11.5 Å². The predicted octanol–water partition coefficient (Wildman–Crippen LogP) is 2.58. The number of hydrogen-bond donors (Lipinski definition) is 0. The molecule has 0 amide bonds. The third-order valence-electron chi connectivity index (χ3n) is 5.55. The summed E-state index contributed by atoms with van der Waals surface area (Å²) in [6, 6.07) is 8.16. The van der Waals surface area contributed by atoms with Crippen LogP contribution in [-0.4, -0.2) is 49.6 Å². The highest BCUT2D eigenvalue weighted by molar-refractivity contribution is 7.89. The third kappa shape index (κ3) is 3.88. The number of halogens is 1. The van der Waals surface area contributed by atoms with Crippen molar-refractivity contribution in [1.29, 1.82) is 0 Å². The zero-order valence-corrected chi connectivity index (χ0v) is 17.9. The number of benzene rings is 2.